The summed E-state index contributed by atoms with van der Waals surface area (Å²) in [5.74, 6) is -2.12. The van der Waals surface area contributed by atoms with Crippen LogP contribution in [0.1, 0.15) is 37.0 Å². The quantitative estimate of drug-likeness (QED) is 0.241. The van der Waals surface area contributed by atoms with Gasteiger partial charge in [-0.15, -0.1) is 11.3 Å². The Morgan fingerprint density at radius 2 is 1.71 bits per heavy atom. The lowest BCUT2D eigenvalue weighted by molar-refractivity contribution is -0.140. The lowest BCUT2D eigenvalue weighted by Crippen LogP contribution is -2.19. The van der Waals surface area contributed by atoms with E-state index < -0.39 is 35.2 Å². The summed E-state index contributed by atoms with van der Waals surface area (Å²) in [4.78, 5) is 25.1. The second kappa shape index (κ2) is 10.2. The molecule has 1 amide bonds. The highest BCUT2D eigenvalue weighted by Gasteiger charge is 2.51. The molecular formula is C29H22ClF2NO4S. The van der Waals surface area contributed by atoms with Gasteiger partial charge in [0.1, 0.15) is 17.7 Å². The summed E-state index contributed by atoms with van der Waals surface area (Å²) >= 11 is 7.59. The number of carboxylic acid groups (broad SMARTS) is 1. The number of amides is 1. The van der Waals surface area contributed by atoms with Crippen LogP contribution >= 0.6 is 22.9 Å². The number of aliphatic carboxylic acids is 1. The van der Waals surface area contributed by atoms with Crippen molar-refractivity contribution in [3.8, 4) is 21.6 Å². The zero-order valence-electron chi connectivity index (χ0n) is 20.1. The molecule has 1 aliphatic rings. The Morgan fingerprint density at radius 1 is 1.03 bits per heavy atom. The predicted molar refractivity (Wildman–Crippen MR) is 144 cm³/mol. The number of carboxylic acids is 1. The fourth-order valence-electron chi connectivity index (χ4n) is 4.50. The zero-order valence-corrected chi connectivity index (χ0v) is 21.7. The highest BCUT2D eigenvalue weighted by atomic mass is 35.5. The van der Waals surface area contributed by atoms with Crippen LogP contribution in [0.25, 0.3) is 21.6 Å². The van der Waals surface area contributed by atoms with E-state index in [9.17, 15) is 23.5 Å². The fraction of sp³-hybridized carbons (Fsp3) is 0.172. The normalized spacial score (nSPS) is 14.5. The predicted octanol–water partition coefficient (Wildman–Crippen LogP) is 8.44. The number of thiophene rings is 1. The topological polar surface area (TPSA) is 75.6 Å². The van der Waals surface area contributed by atoms with E-state index in [-0.39, 0.29) is 5.56 Å². The van der Waals surface area contributed by atoms with E-state index in [0.29, 0.717) is 27.7 Å². The van der Waals surface area contributed by atoms with Crippen molar-refractivity contribution in [3.63, 3.8) is 0 Å². The van der Waals surface area contributed by atoms with Crippen molar-refractivity contribution in [1.29, 1.82) is 0 Å². The minimum absolute atomic E-state index is 0.0756. The molecule has 1 heterocycles. The summed E-state index contributed by atoms with van der Waals surface area (Å²) in [6.45, 7) is 1.45. The third-order valence-corrected chi connectivity index (χ3v) is 8.00. The monoisotopic (exact) mass is 553 g/mol. The summed E-state index contributed by atoms with van der Waals surface area (Å²) < 4.78 is 33.4. The molecule has 38 heavy (non-hydrogen) atoms. The average molecular weight is 554 g/mol. The Kier molecular flexibility index (Phi) is 6.94. The van der Waals surface area contributed by atoms with Crippen LogP contribution in [-0.4, -0.2) is 17.2 Å². The lowest BCUT2D eigenvalue weighted by atomic mass is 9.92. The minimum Gasteiger partial charge on any atom is -0.481 e. The van der Waals surface area contributed by atoms with Crippen LogP contribution in [0, 0.1) is 11.6 Å². The van der Waals surface area contributed by atoms with Gasteiger partial charge in [-0.2, -0.15) is 0 Å². The summed E-state index contributed by atoms with van der Waals surface area (Å²) in [7, 11) is 0. The number of halogens is 3. The van der Waals surface area contributed by atoms with Crippen molar-refractivity contribution in [2.75, 3.05) is 5.32 Å². The maximum absolute atomic E-state index is 14.1. The molecule has 1 aromatic heterocycles. The van der Waals surface area contributed by atoms with Gasteiger partial charge in [0.05, 0.1) is 20.3 Å². The van der Waals surface area contributed by atoms with E-state index in [0.717, 1.165) is 40.5 Å². The van der Waals surface area contributed by atoms with E-state index >= 15 is 0 Å². The largest absolute Gasteiger partial charge is 0.481 e. The van der Waals surface area contributed by atoms with Crippen molar-refractivity contribution in [2.45, 2.75) is 31.3 Å². The number of nitrogens with one attached hydrogen (secondary N) is 1. The number of rotatable bonds is 7. The smallest absolute Gasteiger partial charge is 0.412 e. The highest BCUT2D eigenvalue weighted by molar-refractivity contribution is 7.20. The van der Waals surface area contributed by atoms with Gasteiger partial charge < -0.3 is 9.84 Å². The van der Waals surface area contributed by atoms with Gasteiger partial charge >= 0.3 is 12.1 Å². The average Bonchev–Trinajstić information content (AvgIpc) is 3.63. The molecule has 1 atom stereocenters. The van der Waals surface area contributed by atoms with Gasteiger partial charge in [0.2, 0.25) is 0 Å². The summed E-state index contributed by atoms with van der Waals surface area (Å²) in [6, 6.07) is 19.6. The fourth-order valence-corrected chi connectivity index (χ4v) is 5.72. The van der Waals surface area contributed by atoms with Gasteiger partial charge in [-0.05, 0) is 60.7 Å². The number of ether oxygens (including phenoxy) is 1. The SMILES string of the molecule is CC(OC(=O)Nc1cc(Cl)sc1-c1ccccc1-c1ccc(C2(C(=O)O)CC2)cc1)c1cc(F)ccc1F. The third-order valence-electron chi connectivity index (χ3n) is 6.70. The number of carbonyl (C=O) groups excluding carboxylic acids is 1. The zero-order chi connectivity index (χ0) is 27.0. The first-order valence-corrected chi connectivity index (χ1v) is 13.0. The molecule has 1 saturated carbocycles. The van der Waals surface area contributed by atoms with Crippen LogP contribution in [0.15, 0.2) is 72.8 Å². The molecular weight excluding hydrogens is 532 g/mol. The number of anilines is 1. The molecule has 0 radical (unpaired) electrons. The van der Waals surface area contributed by atoms with Gasteiger partial charge in [-0.3, -0.25) is 10.1 Å². The van der Waals surface area contributed by atoms with Gasteiger partial charge in [0.25, 0.3) is 0 Å². The Hall–Kier alpha value is -3.75. The summed E-state index contributed by atoms with van der Waals surface area (Å²) in [5, 5.41) is 12.3. The Balaban J connectivity index is 1.40. The molecule has 4 aromatic rings. The van der Waals surface area contributed by atoms with Crippen LogP contribution in [0.2, 0.25) is 4.34 Å². The van der Waals surface area contributed by atoms with Crippen molar-refractivity contribution < 1.29 is 28.2 Å². The molecule has 9 heteroatoms. The third kappa shape index (κ3) is 5.01. The molecule has 5 rings (SSSR count). The Morgan fingerprint density at radius 3 is 2.37 bits per heavy atom. The molecule has 5 nitrogen and oxygen atoms in total. The molecule has 1 fully saturated rings. The van der Waals surface area contributed by atoms with Crippen molar-refractivity contribution in [1.82, 2.24) is 0 Å². The first kappa shape index (κ1) is 25.9. The van der Waals surface area contributed by atoms with E-state index in [1.807, 2.05) is 48.5 Å². The number of carbonyl (C=O) groups is 2. The minimum atomic E-state index is -1.03. The number of benzene rings is 3. The molecule has 0 bridgehead atoms. The first-order valence-electron chi connectivity index (χ1n) is 11.8. The molecule has 3 aromatic carbocycles. The van der Waals surface area contributed by atoms with Crippen molar-refractivity contribution in [3.05, 3.63) is 99.9 Å². The molecule has 0 aliphatic heterocycles. The number of hydrogen-bond acceptors (Lipinski definition) is 4. The lowest BCUT2D eigenvalue weighted by Gasteiger charge is -2.16. The van der Waals surface area contributed by atoms with Gasteiger partial charge in [0.15, 0.2) is 0 Å². The molecule has 0 saturated heterocycles. The summed E-state index contributed by atoms with van der Waals surface area (Å²) in [5.41, 5.74) is 2.86. The highest BCUT2D eigenvalue weighted by Crippen LogP contribution is 2.49. The van der Waals surface area contributed by atoms with Crippen LogP contribution in [0.5, 0.6) is 0 Å². The van der Waals surface area contributed by atoms with Gasteiger partial charge in [0, 0.05) is 11.1 Å². The maximum atomic E-state index is 14.1. The first-order chi connectivity index (χ1) is 18.2. The van der Waals surface area contributed by atoms with Crippen LogP contribution < -0.4 is 5.32 Å². The van der Waals surface area contributed by atoms with E-state index in [2.05, 4.69) is 5.32 Å². The van der Waals surface area contributed by atoms with E-state index in [1.54, 1.807) is 6.07 Å². The van der Waals surface area contributed by atoms with E-state index in [4.69, 9.17) is 16.3 Å². The van der Waals surface area contributed by atoms with E-state index in [1.165, 1.54) is 18.3 Å². The van der Waals surface area contributed by atoms with Crippen molar-refractivity contribution >= 4 is 40.7 Å². The summed E-state index contributed by atoms with van der Waals surface area (Å²) in [6.07, 6.45) is -0.625. The van der Waals surface area contributed by atoms with Crippen LogP contribution in [-0.2, 0) is 14.9 Å². The van der Waals surface area contributed by atoms with Gasteiger partial charge in [-0.1, -0.05) is 60.1 Å². The Bertz CT molecular complexity index is 1530. The molecule has 0 spiro atoms. The second-order valence-electron chi connectivity index (χ2n) is 9.14. The molecule has 194 valence electrons. The maximum Gasteiger partial charge on any atom is 0.412 e. The molecule has 2 N–H and O–H groups in total. The van der Waals surface area contributed by atoms with Crippen molar-refractivity contribution in [2.24, 2.45) is 0 Å². The standard InChI is InChI=1S/C29H22ClF2NO4S/c1-16(22-14-19(31)10-11-23(22)32)37-28(36)33-24-15-25(30)38-26(24)21-5-3-2-4-20(21)17-6-8-18(9-7-17)29(12-13-29)27(34)35/h2-11,14-16H,12-13H2,1H3,(H,33,36)(H,34,35). The molecule has 1 unspecified atom stereocenters. The van der Waals surface area contributed by atoms with Gasteiger partial charge in [-0.25, -0.2) is 13.6 Å². The second-order valence-corrected chi connectivity index (χ2v) is 10.8. The van der Waals surface area contributed by atoms with Crippen LogP contribution in [0.4, 0.5) is 19.3 Å². The Labute approximate surface area is 226 Å². The van der Waals surface area contributed by atoms with Crippen LogP contribution in [0.3, 0.4) is 0 Å². The molecule has 1 aliphatic carbocycles. The number of hydrogen-bond donors (Lipinski definition) is 2.